The molecule has 1 heteroatoms. The minimum Gasteiger partial charge on any atom is -0.377 e. The van der Waals surface area contributed by atoms with Gasteiger partial charge in [-0.05, 0) is 31.1 Å². The van der Waals surface area contributed by atoms with Gasteiger partial charge in [-0.1, -0.05) is 39.8 Å². The van der Waals surface area contributed by atoms with E-state index in [1.165, 1.54) is 12.8 Å². The molecule has 0 aliphatic carbocycles. The summed E-state index contributed by atoms with van der Waals surface area (Å²) in [7, 11) is 0. The Labute approximate surface area is 89.5 Å². The van der Waals surface area contributed by atoms with Gasteiger partial charge in [-0.2, -0.15) is 0 Å². The van der Waals surface area contributed by atoms with Gasteiger partial charge in [0, 0.05) is 6.61 Å². The second kappa shape index (κ2) is 9.26. The third-order valence-corrected chi connectivity index (χ3v) is 2.06. The van der Waals surface area contributed by atoms with Crippen LogP contribution in [0.5, 0.6) is 0 Å². The Morgan fingerprint density at radius 2 is 1.71 bits per heavy atom. The fraction of sp³-hybridized carbons (Fsp3) is 0.846. The highest BCUT2D eigenvalue weighted by Crippen LogP contribution is 2.03. The van der Waals surface area contributed by atoms with Crippen LogP contribution in [-0.2, 0) is 4.74 Å². The second-order valence-electron chi connectivity index (χ2n) is 4.71. The van der Waals surface area contributed by atoms with E-state index in [2.05, 4.69) is 39.8 Å². The zero-order chi connectivity index (χ0) is 10.8. The maximum absolute atomic E-state index is 5.48. The molecule has 0 radical (unpaired) electrons. The van der Waals surface area contributed by atoms with Crippen LogP contribution >= 0.6 is 0 Å². The summed E-state index contributed by atoms with van der Waals surface area (Å²) in [5.41, 5.74) is 0. The summed E-state index contributed by atoms with van der Waals surface area (Å²) in [6.45, 7) is 10.7. The van der Waals surface area contributed by atoms with Crippen molar-refractivity contribution in [2.24, 2.45) is 11.8 Å². The van der Waals surface area contributed by atoms with Crippen LogP contribution in [0, 0.1) is 11.8 Å². The third kappa shape index (κ3) is 11.7. The molecular formula is C13H26O. The van der Waals surface area contributed by atoms with Crippen LogP contribution in [0.15, 0.2) is 12.2 Å². The lowest BCUT2D eigenvalue weighted by molar-refractivity contribution is 0.154. The maximum Gasteiger partial charge on any atom is 0.0647 e. The topological polar surface area (TPSA) is 9.23 Å². The molecule has 0 unspecified atom stereocenters. The molecule has 0 aromatic rings. The molecule has 0 aromatic heterocycles. The van der Waals surface area contributed by atoms with Gasteiger partial charge >= 0.3 is 0 Å². The molecule has 0 fully saturated rings. The Morgan fingerprint density at radius 3 is 2.29 bits per heavy atom. The highest BCUT2D eigenvalue weighted by Gasteiger charge is 1.93. The molecule has 0 saturated heterocycles. The molecule has 1 nitrogen and oxygen atoms in total. The minimum absolute atomic E-state index is 0.757. The van der Waals surface area contributed by atoms with E-state index in [0.29, 0.717) is 0 Å². The van der Waals surface area contributed by atoms with Crippen molar-refractivity contribution in [3.05, 3.63) is 12.2 Å². The number of hydrogen-bond donors (Lipinski definition) is 0. The maximum atomic E-state index is 5.48. The monoisotopic (exact) mass is 198 g/mol. The van der Waals surface area contributed by atoms with E-state index in [0.717, 1.165) is 31.5 Å². The predicted molar refractivity (Wildman–Crippen MR) is 63.5 cm³/mol. The first-order chi connectivity index (χ1) is 6.63. The van der Waals surface area contributed by atoms with Gasteiger partial charge in [0.05, 0.1) is 6.61 Å². The van der Waals surface area contributed by atoms with Crippen molar-refractivity contribution in [1.29, 1.82) is 0 Å². The van der Waals surface area contributed by atoms with Gasteiger partial charge in [-0.3, -0.25) is 0 Å². The highest BCUT2D eigenvalue weighted by molar-refractivity contribution is 4.82. The van der Waals surface area contributed by atoms with E-state index in [9.17, 15) is 0 Å². The van der Waals surface area contributed by atoms with Crippen LogP contribution in [0.3, 0.4) is 0 Å². The molecule has 0 N–H and O–H groups in total. The van der Waals surface area contributed by atoms with E-state index in [1.807, 2.05) is 0 Å². The molecule has 0 rings (SSSR count). The highest BCUT2D eigenvalue weighted by atomic mass is 16.5. The lowest BCUT2D eigenvalue weighted by Gasteiger charge is -2.04. The SMILES string of the molecule is CC(C)C/C=C/COCCCC(C)C. The van der Waals surface area contributed by atoms with Crippen molar-refractivity contribution in [2.45, 2.75) is 47.0 Å². The van der Waals surface area contributed by atoms with Gasteiger partial charge in [-0.25, -0.2) is 0 Å². The largest absolute Gasteiger partial charge is 0.377 e. The van der Waals surface area contributed by atoms with E-state index >= 15 is 0 Å². The van der Waals surface area contributed by atoms with E-state index in [4.69, 9.17) is 4.74 Å². The first-order valence-corrected chi connectivity index (χ1v) is 5.85. The van der Waals surface area contributed by atoms with Crippen molar-refractivity contribution in [2.75, 3.05) is 13.2 Å². The Hall–Kier alpha value is -0.300. The Bertz CT molecular complexity index is 136. The molecule has 0 aromatic carbocycles. The van der Waals surface area contributed by atoms with Crippen molar-refractivity contribution in [3.63, 3.8) is 0 Å². The minimum atomic E-state index is 0.757. The Morgan fingerprint density at radius 1 is 1.00 bits per heavy atom. The zero-order valence-electron chi connectivity index (χ0n) is 10.3. The van der Waals surface area contributed by atoms with Crippen LogP contribution < -0.4 is 0 Å². The first-order valence-electron chi connectivity index (χ1n) is 5.85. The molecule has 0 spiro atoms. The van der Waals surface area contributed by atoms with Gasteiger partial charge < -0.3 is 4.74 Å². The Kier molecular flexibility index (Phi) is 9.06. The lowest BCUT2D eigenvalue weighted by Crippen LogP contribution is -1.97. The predicted octanol–water partition coefficient (Wildman–Crippen LogP) is 4.04. The first kappa shape index (κ1) is 13.7. The van der Waals surface area contributed by atoms with Gasteiger partial charge in [0.2, 0.25) is 0 Å². The van der Waals surface area contributed by atoms with Gasteiger partial charge in [0.25, 0.3) is 0 Å². The summed E-state index contributed by atoms with van der Waals surface area (Å²) in [6.07, 6.45) is 7.98. The second-order valence-corrected chi connectivity index (χ2v) is 4.71. The molecule has 84 valence electrons. The molecule has 0 bridgehead atoms. The summed E-state index contributed by atoms with van der Waals surface area (Å²) in [4.78, 5) is 0. The van der Waals surface area contributed by atoms with Crippen molar-refractivity contribution in [3.8, 4) is 0 Å². The zero-order valence-corrected chi connectivity index (χ0v) is 10.3. The van der Waals surface area contributed by atoms with E-state index in [1.54, 1.807) is 0 Å². The summed E-state index contributed by atoms with van der Waals surface area (Å²) in [5, 5.41) is 0. The number of hydrogen-bond acceptors (Lipinski definition) is 1. The van der Waals surface area contributed by atoms with Crippen LogP contribution in [0.4, 0.5) is 0 Å². The third-order valence-electron chi connectivity index (χ3n) is 2.06. The smallest absolute Gasteiger partial charge is 0.0647 e. The van der Waals surface area contributed by atoms with Crippen LogP contribution in [-0.4, -0.2) is 13.2 Å². The molecule has 14 heavy (non-hydrogen) atoms. The average Bonchev–Trinajstić information content (AvgIpc) is 2.08. The lowest BCUT2D eigenvalue weighted by atomic mass is 10.1. The number of allylic oxidation sites excluding steroid dienone is 1. The van der Waals surface area contributed by atoms with Crippen molar-refractivity contribution >= 4 is 0 Å². The fourth-order valence-electron chi connectivity index (χ4n) is 1.18. The number of ether oxygens (including phenoxy) is 1. The fourth-order valence-corrected chi connectivity index (χ4v) is 1.18. The van der Waals surface area contributed by atoms with Crippen molar-refractivity contribution < 1.29 is 4.74 Å². The molecule has 0 aliphatic rings. The van der Waals surface area contributed by atoms with E-state index in [-0.39, 0.29) is 0 Å². The van der Waals surface area contributed by atoms with Crippen LogP contribution in [0.25, 0.3) is 0 Å². The van der Waals surface area contributed by atoms with Gasteiger partial charge in [-0.15, -0.1) is 0 Å². The van der Waals surface area contributed by atoms with Crippen LogP contribution in [0.1, 0.15) is 47.0 Å². The normalized spacial score (nSPS) is 12.1. The van der Waals surface area contributed by atoms with Crippen LogP contribution in [0.2, 0.25) is 0 Å². The van der Waals surface area contributed by atoms with Gasteiger partial charge in [0.1, 0.15) is 0 Å². The molecule has 0 aliphatic heterocycles. The summed E-state index contributed by atoms with van der Waals surface area (Å²) in [5.74, 6) is 1.56. The standard InChI is InChI=1S/C13H26O/c1-12(2)8-5-6-10-14-11-7-9-13(3)4/h5-6,12-13H,7-11H2,1-4H3/b6-5+. The molecule has 0 heterocycles. The molecule has 0 amide bonds. The molecule has 0 atom stereocenters. The Balaban J connectivity index is 3.09. The van der Waals surface area contributed by atoms with Gasteiger partial charge in [0.15, 0.2) is 0 Å². The van der Waals surface area contributed by atoms with Crippen molar-refractivity contribution in [1.82, 2.24) is 0 Å². The summed E-state index contributed by atoms with van der Waals surface area (Å²) < 4.78 is 5.48. The number of rotatable bonds is 8. The summed E-state index contributed by atoms with van der Waals surface area (Å²) >= 11 is 0. The quantitative estimate of drug-likeness (QED) is 0.422. The molecular weight excluding hydrogens is 172 g/mol. The molecule has 0 saturated carbocycles. The summed E-state index contributed by atoms with van der Waals surface area (Å²) in [6, 6.07) is 0. The van der Waals surface area contributed by atoms with E-state index < -0.39 is 0 Å². The average molecular weight is 198 g/mol.